The van der Waals surface area contributed by atoms with Crippen molar-refractivity contribution < 1.29 is 19.1 Å². The molecule has 2 aromatic carbocycles. The Morgan fingerprint density at radius 3 is 2.22 bits per heavy atom. The summed E-state index contributed by atoms with van der Waals surface area (Å²) in [6.07, 6.45) is 1.58. The summed E-state index contributed by atoms with van der Waals surface area (Å²) in [6, 6.07) is 10.1. The standard InChI is InChI=1S/C19H20N4O4/c1-26-16-6-4-13(10-17(16)27-2)19(25)21-8-7-20-18(24)12-3-5-14-15(9-12)23-11-22-14/h3-6,9-11H,7-8H2,1-2H3,(H,20,24)(H,21,25)(H,22,23). The first kappa shape index (κ1) is 18.2. The van der Waals surface area contributed by atoms with Crippen molar-refractivity contribution in [3.8, 4) is 11.5 Å². The molecular weight excluding hydrogens is 348 g/mol. The summed E-state index contributed by atoms with van der Waals surface area (Å²) in [5.41, 5.74) is 2.57. The number of carbonyl (C=O) groups excluding carboxylic acids is 2. The van der Waals surface area contributed by atoms with E-state index in [2.05, 4.69) is 20.6 Å². The predicted octanol–water partition coefficient (Wildman–Crippen LogP) is 1.74. The van der Waals surface area contributed by atoms with Gasteiger partial charge in [0.2, 0.25) is 0 Å². The van der Waals surface area contributed by atoms with Gasteiger partial charge in [-0.1, -0.05) is 0 Å². The number of nitrogens with zero attached hydrogens (tertiary/aromatic N) is 1. The van der Waals surface area contributed by atoms with Gasteiger partial charge in [0, 0.05) is 24.2 Å². The van der Waals surface area contributed by atoms with Gasteiger partial charge in [0.25, 0.3) is 11.8 Å². The fourth-order valence-corrected chi connectivity index (χ4v) is 2.61. The molecule has 140 valence electrons. The van der Waals surface area contributed by atoms with E-state index >= 15 is 0 Å². The Labute approximate surface area is 155 Å². The van der Waals surface area contributed by atoms with Crippen LogP contribution in [0.15, 0.2) is 42.7 Å². The number of amides is 2. The van der Waals surface area contributed by atoms with Gasteiger partial charge >= 0.3 is 0 Å². The van der Waals surface area contributed by atoms with Gasteiger partial charge in [-0.05, 0) is 36.4 Å². The van der Waals surface area contributed by atoms with E-state index in [9.17, 15) is 9.59 Å². The molecule has 0 fully saturated rings. The topological polar surface area (TPSA) is 105 Å². The van der Waals surface area contributed by atoms with Crippen LogP contribution in [0.25, 0.3) is 11.0 Å². The number of ether oxygens (including phenoxy) is 2. The maximum Gasteiger partial charge on any atom is 0.251 e. The van der Waals surface area contributed by atoms with E-state index in [1.165, 1.54) is 14.2 Å². The second-order valence-electron chi connectivity index (χ2n) is 5.72. The molecule has 0 radical (unpaired) electrons. The third-order valence-corrected chi connectivity index (χ3v) is 4.02. The van der Waals surface area contributed by atoms with E-state index in [-0.39, 0.29) is 11.8 Å². The molecule has 3 aromatic rings. The van der Waals surface area contributed by atoms with E-state index in [0.29, 0.717) is 35.7 Å². The number of benzene rings is 2. The number of hydrogen-bond donors (Lipinski definition) is 3. The van der Waals surface area contributed by atoms with Crippen LogP contribution < -0.4 is 20.1 Å². The van der Waals surface area contributed by atoms with Crippen molar-refractivity contribution in [3.63, 3.8) is 0 Å². The van der Waals surface area contributed by atoms with E-state index < -0.39 is 0 Å². The molecule has 27 heavy (non-hydrogen) atoms. The number of methoxy groups -OCH3 is 2. The smallest absolute Gasteiger partial charge is 0.251 e. The first-order chi connectivity index (χ1) is 13.1. The zero-order valence-electron chi connectivity index (χ0n) is 15.0. The molecule has 1 aromatic heterocycles. The minimum Gasteiger partial charge on any atom is -0.493 e. The van der Waals surface area contributed by atoms with E-state index in [1.807, 2.05) is 0 Å². The Morgan fingerprint density at radius 2 is 1.56 bits per heavy atom. The number of aromatic nitrogens is 2. The molecule has 3 rings (SSSR count). The molecule has 0 aliphatic heterocycles. The molecule has 0 aliphatic rings. The van der Waals surface area contributed by atoms with Gasteiger partial charge in [-0.2, -0.15) is 0 Å². The van der Waals surface area contributed by atoms with Gasteiger partial charge < -0.3 is 25.1 Å². The zero-order valence-corrected chi connectivity index (χ0v) is 15.0. The van der Waals surface area contributed by atoms with E-state index in [0.717, 1.165) is 11.0 Å². The second kappa shape index (κ2) is 8.22. The second-order valence-corrected chi connectivity index (χ2v) is 5.72. The first-order valence-electron chi connectivity index (χ1n) is 8.34. The van der Waals surface area contributed by atoms with Crippen LogP contribution >= 0.6 is 0 Å². The first-order valence-corrected chi connectivity index (χ1v) is 8.34. The monoisotopic (exact) mass is 368 g/mol. The molecule has 0 atom stereocenters. The summed E-state index contributed by atoms with van der Waals surface area (Å²) in [5.74, 6) is 0.555. The maximum atomic E-state index is 12.2. The molecular formula is C19H20N4O4. The number of H-pyrrole nitrogens is 1. The zero-order chi connectivity index (χ0) is 19.2. The van der Waals surface area contributed by atoms with Gasteiger partial charge in [-0.15, -0.1) is 0 Å². The molecule has 0 bridgehead atoms. The number of aromatic amines is 1. The fraction of sp³-hybridized carbons (Fsp3) is 0.211. The lowest BCUT2D eigenvalue weighted by Gasteiger charge is -2.10. The lowest BCUT2D eigenvalue weighted by Crippen LogP contribution is -2.34. The highest BCUT2D eigenvalue weighted by Crippen LogP contribution is 2.27. The van der Waals surface area contributed by atoms with Gasteiger partial charge in [-0.3, -0.25) is 9.59 Å². The highest BCUT2D eigenvalue weighted by atomic mass is 16.5. The van der Waals surface area contributed by atoms with Crippen molar-refractivity contribution in [2.45, 2.75) is 0 Å². The molecule has 8 heteroatoms. The van der Waals surface area contributed by atoms with Crippen LogP contribution in [-0.4, -0.2) is 49.1 Å². The Kier molecular flexibility index (Phi) is 5.55. The average Bonchev–Trinajstić information content (AvgIpc) is 3.18. The number of carbonyl (C=O) groups is 2. The SMILES string of the molecule is COc1ccc(C(=O)NCCNC(=O)c2ccc3nc[nH]c3c2)cc1OC. The van der Waals surface area contributed by atoms with Crippen molar-refractivity contribution in [1.82, 2.24) is 20.6 Å². The normalized spacial score (nSPS) is 10.4. The van der Waals surface area contributed by atoms with Crippen LogP contribution in [0.3, 0.4) is 0 Å². The van der Waals surface area contributed by atoms with Crippen LogP contribution in [0.5, 0.6) is 11.5 Å². The number of rotatable bonds is 7. The number of imidazole rings is 1. The van der Waals surface area contributed by atoms with Gasteiger partial charge in [0.1, 0.15) is 0 Å². The van der Waals surface area contributed by atoms with Gasteiger partial charge in [0.15, 0.2) is 11.5 Å². The molecule has 1 heterocycles. The molecule has 8 nitrogen and oxygen atoms in total. The van der Waals surface area contributed by atoms with E-state index in [1.54, 1.807) is 42.7 Å². The third-order valence-electron chi connectivity index (χ3n) is 4.02. The lowest BCUT2D eigenvalue weighted by molar-refractivity contribution is 0.0927. The van der Waals surface area contributed by atoms with Gasteiger partial charge in [0.05, 0.1) is 31.6 Å². The van der Waals surface area contributed by atoms with Crippen molar-refractivity contribution >= 4 is 22.8 Å². The largest absolute Gasteiger partial charge is 0.493 e. The fourth-order valence-electron chi connectivity index (χ4n) is 2.61. The summed E-state index contributed by atoms with van der Waals surface area (Å²) >= 11 is 0. The average molecular weight is 368 g/mol. The molecule has 0 aliphatic carbocycles. The summed E-state index contributed by atoms with van der Waals surface area (Å²) in [4.78, 5) is 31.5. The summed E-state index contributed by atoms with van der Waals surface area (Å²) < 4.78 is 10.3. The summed E-state index contributed by atoms with van der Waals surface area (Å²) in [7, 11) is 3.04. The number of fused-ring (bicyclic) bond motifs is 1. The Hall–Kier alpha value is -3.55. The van der Waals surface area contributed by atoms with E-state index in [4.69, 9.17) is 9.47 Å². The number of nitrogens with one attached hydrogen (secondary N) is 3. The van der Waals surface area contributed by atoms with Crippen LogP contribution in [0.1, 0.15) is 20.7 Å². The van der Waals surface area contributed by atoms with Crippen molar-refractivity contribution in [3.05, 3.63) is 53.9 Å². The highest BCUT2D eigenvalue weighted by molar-refractivity contribution is 5.97. The highest BCUT2D eigenvalue weighted by Gasteiger charge is 2.11. The van der Waals surface area contributed by atoms with Crippen molar-refractivity contribution in [1.29, 1.82) is 0 Å². The Bertz CT molecular complexity index is 967. The minimum atomic E-state index is -0.260. The molecule has 2 amide bonds. The quantitative estimate of drug-likeness (QED) is 0.551. The molecule has 0 spiro atoms. The van der Waals surface area contributed by atoms with Crippen molar-refractivity contribution in [2.75, 3.05) is 27.3 Å². The Balaban J connectivity index is 1.50. The maximum absolute atomic E-state index is 12.2. The van der Waals surface area contributed by atoms with Crippen LogP contribution in [0.4, 0.5) is 0 Å². The minimum absolute atomic E-state index is 0.216. The number of hydrogen-bond acceptors (Lipinski definition) is 5. The summed E-state index contributed by atoms with van der Waals surface area (Å²) in [5, 5.41) is 5.52. The van der Waals surface area contributed by atoms with Gasteiger partial charge in [-0.25, -0.2) is 4.98 Å². The summed E-state index contributed by atoms with van der Waals surface area (Å²) in [6.45, 7) is 0.601. The molecule has 0 unspecified atom stereocenters. The molecule has 0 saturated heterocycles. The molecule has 0 saturated carbocycles. The van der Waals surface area contributed by atoms with Crippen LogP contribution in [-0.2, 0) is 0 Å². The molecule has 3 N–H and O–H groups in total. The Morgan fingerprint density at radius 1 is 0.926 bits per heavy atom. The van der Waals surface area contributed by atoms with Crippen LogP contribution in [0, 0.1) is 0 Å². The van der Waals surface area contributed by atoms with Crippen molar-refractivity contribution in [2.24, 2.45) is 0 Å². The lowest BCUT2D eigenvalue weighted by atomic mass is 10.2. The van der Waals surface area contributed by atoms with Crippen LogP contribution in [0.2, 0.25) is 0 Å². The predicted molar refractivity (Wildman–Crippen MR) is 100 cm³/mol. The third kappa shape index (κ3) is 4.17.